The van der Waals surface area contributed by atoms with Gasteiger partial charge >= 0.3 is 0 Å². The van der Waals surface area contributed by atoms with Crippen LogP contribution in [0.1, 0.15) is 30.6 Å². The quantitative estimate of drug-likeness (QED) is 0.856. The number of halogens is 1. The van der Waals surface area contributed by atoms with Gasteiger partial charge in [-0.2, -0.15) is 11.8 Å². The van der Waals surface area contributed by atoms with Crippen LogP contribution in [0.5, 0.6) is 0 Å². The van der Waals surface area contributed by atoms with Crippen molar-refractivity contribution in [1.82, 2.24) is 9.97 Å². The molecule has 1 N–H and O–H groups in total. The van der Waals surface area contributed by atoms with Gasteiger partial charge in [-0.3, -0.25) is 4.79 Å². The van der Waals surface area contributed by atoms with Gasteiger partial charge in [-0.25, -0.2) is 4.98 Å². The molecule has 0 radical (unpaired) electrons. The normalized spacial score (nSPS) is 29.3. The number of aryl methyl sites for hydroxylation is 1. The van der Waals surface area contributed by atoms with E-state index in [1.807, 2.05) is 30.4 Å². The van der Waals surface area contributed by atoms with Crippen molar-refractivity contribution >= 4 is 39.5 Å². The monoisotopic (exact) mass is 334 g/mol. The topological polar surface area (TPSA) is 45.8 Å². The number of aromatic nitrogens is 2. The van der Waals surface area contributed by atoms with E-state index in [-0.39, 0.29) is 5.56 Å². The standard InChI is InChI=1S/C11H15BrN2OS2/c1-5-9(12)11(15)14-10(13-5)8-4-16-6(2)7(3)17-8/h6-8H,4H2,1-3H3,(H,13,14,15). The van der Waals surface area contributed by atoms with Crippen LogP contribution in [0, 0.1) is 6.92 Å². The number of nitrogens with one attached hydrogen (secondary N) is 1. The number of H-pyrrole nitrogens is 1. The summed E-state index contributed by atoms with van der Waals surface area (Å²) in [6, 6.07) is 0. The molecule has 0 amide bonds. The number of rotatable bonds is 1. The largest absolute Gasteiger partial charge is 0.309 e. The van der Waals surface area contributed by atoms with Crippen LogP contribution in [-0.4, -0.2) is 26.2 Å². The summed E-state index contributed by atoms with van der Waals surface area (Å²) < 4.78 is 0.538. The molecule has 94 valence electrons. The van der Waals surface area contributed by atoms with Gasteiger partial charge in [0.1, 0.15) is 10.3 Å². The van der Waals surface area contributed by atoms with E-state index < -0.39 is 0 Å². The fourth-order valence-corrected chi connectivity index (χ4v) is 4.73. The van der Waals surface area contributed by atoms with Crippen molar-refractivity contribution in [3.8, 4) is 0 Å². The van der Waals surface area contributed by atoms with E-state index in [9.17, 15) is 4.79 Å². The Morgan fingerprint density at radius 2 is 2.12 bits per heavy atom. The minimum absolute atomic E-state index is 0.0793. The molecule has 3 nitrogen and oxygen atoms in total. The molecular weight excluding hydrogens is 320 g/mol. The molecule has 1 aliphatic heterocycles. The van der Waals surface area contributed by atoms with E-state index in [2.05, 4.69) is 39.7 Å². The molecule has 0 aliphatic carbocycles. The highest BCUT2D eigenvalue weighted by atomic mass is 79.9. The molecule has 1 aromatic heterocycles. The molecule has 1 aromatic rings. The number of hydrogen-bond acceptors (Lipinski definition) is 4. The van der Waals surface area contributed by atoms with Crippen molar-refractivity contribution < 1.29 is 0 Å². The van der Waals surface area contributed by atoms with Crippen LogP contribution in [0.2, 0.25) is 0 Å². The first-order valence-corrected chi connectivity index (χ1v) is 8.31. The Kier molecular flexibility index (Phi) is 4.26. The van der Waals surface area contributed by atoms with Crippen molar-refractivity contribution in [3.63, 3.8) is 0 Å². The molecule has 0 saturated carbocycles. The van der Waals surface area contributed by atoms with Crippen molar-refractivity contribution in [2.24, 2.45) is 0 Å². The summed E-state index contributed by atoms with van der Waals surface area (Å²) >= 11 is 7.09. The third-order valence-corrected chi connectivity index (χ3v) is 7.24. The molecule has 1 saturated heterocycles. The van der Waals surface area contributed by atoms with E-state index in [0.717, 1.165) is 17.3 Å². The first-order chi connectivity index (χ1) is 7.99. The summed E-state index contributed by atoms with van der Waals surface area (Å²) in [5.41, 5.74) is 0.685. The first-order valence-electron chi connectivity index (χ1n) is 5.52. The smallest absolute Gasteiger partial charge is 0.265 e. The lowest BCUT2D eigenvalue weighted by atomic mass is 10.3. The zero-order valence-corrected chi connectivity index (χ0v) is 13.2. The van der Waals surface area contributed by atoms with Gasteiger partial charge in [0.05, 0.1) is 10.9 Å². The molecule has 17 heavy (non-hydrogen) atoms. The molecule has 2 heterocycles. The molecule has 1 aliphatic rings. The van der Waals surface area contributed by atoms with E-state index in [4.69, 9.17) is 0 Å². The maximum absolute atomic E-state index is 11.7. The zero-order chi connectivity index (χ0) is 12.6. The predicted octanol–water partition coefficient (Wildman–Crippen LogP) is 3.14. The van der Waals surface area contributed by atoms with E-state index in [1.54, 1.807) is 0 Å². The second-order valence-corrected chi connectivity index (χ2v) is 8.01. The van der Waals surface area contributed by atoms with Crippen LogP contribution in [0.3, 0.4) is 0 Å². The van der Waals surface area contributed by atoms with Crippen LogP contribution in [-0.2, 0) is 0 Å². The number of thioether (sulfide) groups is 2. The van der Waals surface area contributed by atoms with Crippen LogP contribution in [0.4, 0.5) is 0 Å². The second kappa shape index (κ2) is 5.36. The van der Waals surface area contributed by atoms with Crippen molar-refractivity contribution in [2.75, 3.05) is 5.75 Å². The lowest BCUT2D eigenvalue weighted by molar-refractivity contribution is 0.840. The summed E-state index contributed by atoms with van der Waals surface area (Å²) in [6.07, 6.45) is 0. The highest BCUT2D eigenvalue weighted by molar-refractivity contribution is 9.10. The van der Waals surface area contributed by atoms with Gasteiger partial charge in [0, 0.05) is 16.3 Å². The Balaban J connectivity index is 2.26. The minimum Gasteiger partial charge on any atom is -0.309 e. The van der Waals surface area contributed by atoms with E-state index in [1.165, 1.54) is 0 Å². The van der Waals surface area contributed by atoms with Crippen LogP contribution in [0.15, 0.2) is 9.27 Å². The van der Waals surface area contributed by atoms with Gasteiger partial charge in [-0.1, -0.05) is 13.8 Å². The average Bonchev–Trinajstić information content (AvgIpc) is 2.29. The lowest BCUT2D eigenvalue weighted by Gasteiger charge is -2.30. The van der Waals surface area contributed by atoms with Crippen molar-refractivity contribution in [3.05, 3.63) is 26.3 Å². The molecule has 6 heteroatoms. The lowest BCUT2D eigenvalue weighted by Crippen LogP contribution is -2.25. The summed E-state index contributed by atoms with van der Waals surface area (Å²) in [5, 5.41) is 1.55. The number of aromatic amines is 1. The number of nitrogens with zero attached hydrogens (tertiary/aromatic N) is 1. The SMILES string of the molecule is Cc1nc(C2CSC(C)C(C)S2)[nH]c(=O)c1Br. The van der Waals surface area contributed by atoms with Gasteiger partial charge < -0.3 is 4.98 Å². The molecule has 0 spiro atoms. The Morgan fingerprint density at radius 1 is 1.41 bits per heavy atom. The third-order valence-electron chi connectivity index (χ3n) is 2.90. The van der Waals surface area contributed by atoms with E-state index >= 15 is 0 Å². The van der Waals surface area contributed by atoms with Crippen LogP contribution < -0.4 is 5.56 Å². The maximum Gasteiger partial charge on any atom is 0.265 e. The van der Waals surface area contributed by atoms with Gasteiger partial charge in [-0.15, -0.1) is 11.8 Å². The fourth-order valence-electron chi connectivity index (χ4n) is 1.67. The summed E-state index contributed by atoms with van der Waals surface area (Å²) in [5.74, 6) is 1.83. The predicted molar refractivity (Wildman–Crippen MR) is 79.0 cm³/mol. The van der Waals surface area contributed by atoms with Gasteiger partial charge in [0.25, 0.3) is 5.56 Å². The van der Waals surface area contributed by atoms with Crippen LogP contribution in [0.25, 0.3) is 0 Å². The highest BCUT2D eigenvalue weighted by Gasteiger charge is 2.28. The number of hydrogen-bond donors (Lipinski definition) is 1. The van der Waals surface area contributed by atoms with Crippen molar-refractivity contribution in [1.29, 1.82) is 0 Å². The molecule has 3 atom stereocenters. The summed E-state index contributed by atoms with van der Waals surface area (Å²) in [4.78, 5) is 19.0. The Bertz CT molecular complexity index is 477. The maximum atomic E-state index is 11.7. The van der Waals surface area contributed by atoms with E-state index in [0.29, 0.717) is 20.2 Å². The molecule has 3 unspecified atom stereocenters. The zero-order valence-electron chi connectivity index (χ0n) is 9.99. The molecule has 0 aromatic carbocycles. The van der Waals surface area contributed by atoms with Gasteiger partial charge in [0.2, 0.25) is 0 Å². The first kappa shape index (κ1) is 13.5. The average molecular weight is 335 g/mol. The summed E-state index contributed by atoms with van der Waals surface area (Å²) in [6.45, 7) is 6.34. The molecular formula is C11H15BrN2OS2. The van der Waals surface area contributed by atoms with Crippen molar-refractivity contribution in [2.45, 2.75) is 36.5 Å². The fraction of sp³-hybridized carbons (Fsp3) is 0.636. The Morgan fingerprint density at radius 3 is 2.71 bits per heavy atom. The highest BCUT2D eigenvalue weighted by Crippen LogP contribution is 2.43. The Hall–Kier alpha value is 0.0600. The Labute approximate surface area is 118 Å². The molecule has 2 rings (SSSR count). The second-order valence-electron chi connectivity index (χ2n) is 4.22. The molecule has 0 bridgehead atoms. The summed E-state index contributed by atoms with van der Waals surface area (Å²) in [7, 11) is 0. The minimum atomic E-state index is -0.0793. The third kappa shape index (κ3) is 2.90. The van der Waals surface area contributed by atoms with Gasteiger partial charge in [-0.05, 0) is 22.9 Å². The van der Waals surface area contributed by atoms with Crippen LogP contribution >= 0.6 is 39.5 Å². The molecule has 1 fully saturated rings. The van der Waals surface area contributed by atoms with Gasteiger partial charge in [0.15, 0.2) is 0 Å².